The van der Waals surface area contributed by atoms with Crippen LogP contribution in [0.3, 0.4) is 0 Å². The van der Waals surface area contributed by atoms with Gasteiger partial charge in [0.05, 0.1) is 17.0 Å². The van der Waals surface area contributed by atoms with Gasteiger partial charge in [-0.1, -0.05) is 0 Å². The van der Waals surface area contributed by atoms with Crippen LogP contribution in [0.5, 0.6) is 0 Å². The molecule has 6 nitrogen and oxygen atoms in total. The number of halogens is 1. The third-order valence-electron chi connectivity index (χ3n) is 5.74. The Hall–Kier alpha value is -3.22. The van der Waals surface area contributed by atoms with Crippen LogP contribution in [0.2, 0.25) is 0 Å². The predicted molar refractivity (Wildman–Crippen MR) is 108 cm³/mol. The fourth-order valence-electron chi connectivity index (χ4n) is 4.05. The normalized spacial score (nSPS) is 18.9. The summed E-state index contributed by atoms with van der Waals surface area (Å²) in [4.78, 5) is 28.2. The van der Waals surface area contributed by atoms with Crippen molar-refractivity contribution in [3.63, 3.8) is 0 Å². The van der Waals surface area contributed by atoms with Gasteiger partial charge in [0.25, 0.3) is 0 Å². The molecule has 1 aromatic heterocycles. The van der Waals surface area contributed by atoms with Gasteiger partial charge >= 0.3 is 5.97 Å². The monoisotopic (exact) mass is 395 g/mol. The van der Waals surface area contributed by atoms with Gasteiger partial charge in [-0.15, -0.1) is 0 Å². The second kappa shape index (κ2) is 7.31. The summed E-state index contributed by atoms with van der Waals surface area (Å²) < 4.78 is 15.4. The number of imidazole rings is 1. The van der Waals surface area contributed by atoms with Gasteiger partial charge in [-0.05, 0) is 62.1 Å². The minimum absolute atomic E-state index is 0.136. The molecule has 0 saturated heterocycles. The maximum Gasteiger partial charge on any atom is 0.306 e. The molecule has 2 N–H and O–H groups in total. The van der Waals surface area contributed by atoms with Crippen LogP contribution < -0.4 is 5.32 Å². The van der Waals surface area contributed by atoms with E-state index in [2.05, 4.69) is 10.3 Å². The van der Waals surface area contributed by atoms with Crippen LogP contribution in [0.1, 0.15) is 24.8 Å². The van der Waals surface area contributed by atoms with Gasteiger partial charge in [0.1, 0.15) is 11.6 Å². The van der Waals surface area contributed by atoms with E-state index in [1.54, 1.807) is 6.07 Å². The number of rotatable bonds is 4. The van der Waals surface area contributed by atoms with Gasteiger partial charge in [0.2, 0.25) is 5.91 Å². The highest BCUT2D eigenvalue weighted by Crippen LogP contribution is 2.33. The molecule has 0 radical (unpaired) electrons. The molecule has 150 valence electrons. The number of carboxylic acids is 1. The number of aliphatic carboxylic acids is 1. The number of hydrogen-bond acceptors (Lipinski definition) is 3. The first kappa shape index (κ1) is 19.1. The van der Waals surface area contributed by atoms with Crippen LogP contribution in [0.25, 0.3) is 22.4 Å². The van der Waals surface area contributed by atoms with Gasteiger partial charge in [0.15, 0.2) is 0 Å². The van der Waals surface area contributed by atoms with E-state index in [4.69, 9.17) is 5.11 Å². The summed E-state index contributed by atoms with van der Waals surface area (Å²) in [5.74, 6) is -1.28. The fraction of sp³-hybridized carbons (Fsp3) is 0.318. The Labute approximate surface area is 167 Å². The Morgan fingerprint density at radius 1 is 1.17 bits per heavy atom. The third-order valence-corrected chi connectivity index (χ3v) is 5.74. The zero-order valence-electron chi connectivity index (χ0n) is 16.3. The van der Waals surface area contributed by atoms with Gasteiger partial charge in [-0.25, -0.2) is 9.37 Å². The molecule has 4 rings (SSSR count). The van der Waals surface area contributed by atoms with Crippen LogP contribution in [0.15, 0.2) is 36.4 Å². The molecule has 1 saturated carbocycles. The molecule has 1 heterocycles. The first-order valence-corrected chi connectivity index (χ1v) is 9.60. The lowest BCUT2D eigenvalue weighted by Gasteiger charge is -2.14. The summed E-state index contributed by atoms with van der Waals surface area (Å²) in [7, 11) is 1.88. The topological polar surface area (TPSA) is 84.2 Å². The summed E-state index contributed by atoms with van der Waals surface area (Å²) in [6, 6.07) is 10.2. The molecule has 2 atom stereocenters. The van der Waals surface area contributed by atoms with Crippen LogP contribution >= 0.6 is 0 Å². The number of aryl methyl sites for hydroxylation is 2. The zero-order chi connectivity index (χ0) is 20.7. The second-order valence-corrected chi connectivity index (χ2v) is 7.69. The lowest BCUT2D eigenvalue weighted by atomic mass is 10.0. The molecule has 0 aliphatic heterocycles. The summed E-state index contributed by atoms with van der Waals surface area (Å²) in [5, 5.41) is 12.0. The predicted octanol–water partition coefficient (Wildman–Crippen LogP) is 4.13. The Kier molecular flexibility index (Phi) is 4.82. The van der Waals surface area contributed by atoms with Crippen molar-refractivity contribution in [2.45, 2.75) is 26.2 Å². The van der Waals surface area contributed by atoms with Crippen molar-refractivity contribution in [2.75, 3.05) is 5.32 Å². The summed E-state index contributed by atoms with van der Waals surface area (Å²) in [6.07, 6.45) is 1.52. The van der Waals surface area contributed by atoms with Crippen molar-refractivity contribution in [3.8, 4) is 11.4 Å². The fourth-order valence-corrected chi connectivity index (χ4v) is 4.05. The Morgan fingerprint density at radius 3 is 2.62 bits per heavy atom. The second-order valence-electron chi connectivity index (χ2n) is 7.69. The van der Waals surface area contributed by atoms with Gasteiger partial charge < -0.3 is 15.0 Å². The maximum absolute atomic E-state index is 13.5. The van der Waals surface area contributed by atoms with Crippen LogP contribution in [0.4, 0.5) is 10.1 Å². The molecule has 1 amide bonds. The number of amides is 1. The minimum Gasteiger partial charge on any atom is -0.481 e. The zero-order valence-corrected chi connectivity index (χ0v) is 16.3. The summed E-state index contributed by atoms with van der Waals surface area (Å²) >= 11 is 0. The maximum atomic E-state index is 13.5. The van der Waals surface area contributed by atoms with E-state index in [0.29, 0.717) is 36.3 Å². The lowest BCUT2D eigenvalue weighted by molar-refractivity contribution is -0.141. The third kappa shape index (κ3) is 3.60. The molecule has 1 aliphatic rings. The highest BCUT2D eigenvalue weighted by atomic mass is 19.1. The van der Waals surface area contributed by atoms with Crippen LogP contribution in [-0.4, -0.2) is 26.5 Å². The molecule has 1 aliphatic carbocycles. The van der Waals surface area contributed by atoms with Crippen molar-refractivity contribution in [2.24, 2.45) is 18.9 Å². The quantitative estimate of drug-likeness (QED) is 0.696. The van der Waals surface area contributed by atoms with E-state index in [1.807, 2.05) is 36.7 Å². The van der Waals surface area contributed by atoms with Crippen molar-refractivity contribution < 1.29 is 19.1 Å². The number of carbonyl (C=O) groups excluding carboxylic acids is 1. The van der Waals surface area contributed by atoms with Gasteiger partial charge in [-0.3, -0.25) is 9.59 Å². The van der Waals surface area contributed by atoms with Crippen molar-refractivity contribution in [1.29, 1.82) is 0 Å². The minimum atomic E-state index is -0.830. The largest absolute Gasteiger partial charge is 0.481 e. The van der Waals surface area contributed by atoms with Crippen molar-refractivity contribution in [3.05, 3.63) is 47.8 Å². The Bertz CT molecular complexity index is 1120. The van der Waals surface area contributed by atoms with E-state index >= 15 is 0 Å². The molecule has 0 unspecified atom stereocenters. The average molecular weight is 395 g/mol. The van der Waals surface area contributed by atoms with Crippen molar-refractivity contribution >= 4 is 28.6 Å². The number of aromatic nitrogens is 2. The van der Waals surface area contributed by atoms with E-state index in [1.165, 1.54) is 12.1 Å². The van der Waals surface area contributed by atoms with Crippen LogP contribution in [-0.2, 0) is 16.6 Å². The van der Waals surface area contributed by atoms with Gasteiger partial charge in [0, 0.05) is 30.3 Å². The molecular formula is C22H22FN3O3. The number of nitrogens with zero attached hydrogens (tertiary/aromatic N) is 2. The van der Waals surface area contributed by atoms with E-state index in [9.17, 15) is 14.0 Å². The highest BCUT2D eigenvalue weighted by Gasteiger charge is 2.33. The first-order chi connectivity index (χ1) is 13.8. The molecule has 0 spiro atoms. The SMILES string of the molecule is Cc1cc(-c2nc3cc(F)ccc3n2C)ccc1NC(=O)[C@@H]1CC[C@H](C(=O)O)C1. The first-order valence-electron chi connectivity index (χ1n) is 9.60. The highest BCUT2D eigenvalue weighted by molar-refractivity contribution is 5.94. The molecular weight excluding hydrogens is 373 g/mol. The molecule has 1 fully saturated rings. The summed E-state index contributed by atoms with van der Waals surface area (Å²) in [6.45, 7) is 1.90. The average Bonchev–Trinajstić information content (AvgIpc) is 3.29. The number of hydrogen-bond donors (Lipinski definition) is 2. The number of carboxylic acid groups (broad SMARTS) is 1. The van der Waals surface area contributed by atoms with E-state index < -0.39 is 11.9 Å². The number of anilines is 1. The summed E-state index contributed by atoms with van der Waals surface area (Å²) in [5.41, 5.74) is 3.87. The lowest BCUT2D eigenvalue weighted by Crippen LogP contribution is -2.22. The van der Waals surface area contributed by atoms with Gasteiger partial charge in [-0.2, -0.15) is 0 Å². The standard InChI is InChI=1S/C22H22FN3O3/c1-12-9-13(20-24-18-11-16(23)6-8-19(18)26(20)2)5-7-17(12)25-21(27)14-3-4-15(10-14)22(28)29/h5-9,11,14-15H,3-4,10H2,1-2H3,(H,25,27)(H,28,29)/t14-,15+/m1/s1. The molecule has 7 heteroatoms. The smallest absolute Gasteiger partial charge is 0.306 e. The van der Waals surface area contributed by atoms with Crippen LogP contribution in [0, 0.1) is 24.6 Å². The molecule has 29 heavy (non-hydrogen) atoms. The Morgan fingerprint density at radius 2 is 1.93 bits per heavy atom. The van der Waals surface area contributed by atoms with Crippen molar-refractivity contribution in [1.82, 2.24) is 9.55 Å². The number of nitrogens with one attached hydrogen (secondary N) is 1. The Balaban J connectivity index is 1.55. The molecule has 0 bridgehead atoms. The van der Waals surface area contributed by atoms with E-state index in [0.717, 1.165) is 16.6 Å². The molecule has 3 aromatic rings. The van der Waals surface area contributed by atoms with E-state index in [-0.39, 0.29) is 17.6 Å². The number of benzene rings is 2. The molecule has 2 aromatic carbocycles. The number of fused-ring (bicyclic) bond motifs is 1. The number of carbonyl (C=O) groups is 2.